The normalized spacial score (nSPS) is 13.7. The molecule has 1 aromatic carbocycles. The second-order valence-corrected chi connectivity index (χ2v) is 10.4. The summed E-state index contributed by atoms with van der Waals surface area (Å²) >= 11 is 0. The van der Waals surface area contributed by atoms with Crippen molar-refractivity contribution in [2.45, 2.75) is 38.0 Å². The first-order valence-electron chi connectivity index (χ1n) is 11.2. The Kier molecular flexibility index (Phi) is 5.79. The molecule has 3 heterocycles. The summed E-state index contributed by atoms with van der Waals surface area (Å²) in [6, 6.07) is 14.6. The summed E-state index contributed by atoms with van der Waals surface area (Å²) in [5, 5.41) is 3.65. The van der Waals surface area contributed by atoms with Gasteiger partial charge in [0.25, 0.3) is 5.91 Å². The molecule has 5 rings (SSSR count). The monoisotopic (exact) mass is 475 g/mol. The number of anilines is 1. The van der Waals surface area contributed by atoms with Crippen LogP contribution in [0.2, 0.25) is 0 Å². The van der Waals surface area contributed by atoms with E-state index in [0.29, 0.717) is 29.8 Å². The van der Waals surface area contributed by atoms with Crippen LogP contribution >= 0.6 is 0 Å². The van der Waals surface area contributed by atoms with E-state index < -0.39 is 10.0 Å². The third-order valence-corrected chi connectivity index (χ3v) is 7.79. The number of aryl methyl sites for hydroxylation is 1. The molecular formula is C25H25N5O3S. The Morgan fingerprint density at radius 2 is 1.91 bits per heavy atom. The highest BCUT2D eigenvalue weighted by molar-refractivity contribution is 7.93. The van der Waals surface area contributed by atoms with Crippen molar-refractivity contribution in [2.75, 3.05) is 4.72 Å². The SMILES string of the molecule is CCc1c[nH]c2nc(-c3ccc(C(=O)NCc4cc(NS(=O)(=O)C5CC5)ccn4)cc3)ccc12. The number of fused-ring (bicyclic) bond motifs is 1. The van der Waals surface area contributed by atoms with Crippen molar-refractivity contribution < 1.29 is 13.2 Å². The van der Waals surface area contributed by atoms with Gasteiger partial charge in [0, 0.05) is 28.9 Å². The number of nitrogens with one attached hydrogen (secondary N) is 3. The third kappa shape index (κ3) is 4.65. The summed E-state index contributed by atoms with van der Waals surface area (Å²) in [5.74, 6) is -0.238. The molecule has 3 N–H and O–H groups in total. The molecule has 174 valence electrons. The van der Waals surface area contributed by atoms with Crippen LogP contribution in [0.5, 0.6) is 0 Å². The van der Waals surface area contributed by atoms with Gasteiger partial charge in [-0.3, -0.25) is 14.5 Å². The molecule has 0 aliphatic heterocycles. The van der Waals surface area contributed by atoms with Crippen LogP contribution in [-0.2, 0) is 23.0 Å². The Balaban J connectivity index is 1.23. The van der Waals surface area contributed by atoms with E-state index >= 15 is 0 Å². The minimum absolute atomic E-state index is 0.185. The Bertz CT molecular complexity index is 1460. The highest BCUT2D eigenvalue weighted by atomic mass is 32.2. The van der Waals surface area contributed by atoms with Crippen molar-refractivity contribution in [3.05, 3.63) is 77.7 Å². The van der Waals surface area contributed by atoms with Crippen molar-refractivity contribution in [1.82, 2.24) is 20.3 Å². The lowest BCUT2D eigenvalue weighted by Crippen LogP contribution is -2.23. The van der Waals surface area contributed by atoms with Gasteiger partial charge in [-0.2, -0.15) is 0 Å². The van der Waals surface area contributed by atoms with Crippen LogP contribution in [0.3, 0.4) is 0 Å². The Morgan fingerprint density at radius 3 is 2.65 bits per heavy atom. The van der Waals surface area contributed by atoms with E-state index in [9.17, 15) is 13.2 Å². The van der Waals surface area contributed by atoms with Crippen molar-refractivity contribution in [2.24, 2.45) is 0 Å². The van der Waals surface area contributed by atoms with Crippen LogP contribution in [0.1, 0.15) is 41.4 Å². The molecule has 1 amide bonds. The molecule has 1 fully saturated rings. The predicted molar refractivity (Wildman–Crippen MR) is 132 cm³/mol. The molecule has 0 atom stereocenters. The maximum Gasteiger partial charge on any atom is 0.251 e. The highest BCUT2D eigenvalue weighted by Crippen LogP contribution is 2.29. The lowest BCUT2D eigenvalue weighted by molar-refractivity contribution is 0.0950. The van der Waals surface area contributed by atoms with Gasteiger partial charge in [-0.25, -0.2) is 13.4 Å². The molecule has 0 unspecified atom stereocenters. The predicted octanol–water partition coefficient (Wildman–Crippen LogP) is 4.02. The number of H-pyrrole nitrogens is 1. The van der Waals surface area contributed by atoms with Gasteiger partial charge < -0.3 is 10.3 Å². The molecule has 0 saturated heterocycles. The summed E-state index contributed by atoms with van der Waals surface area (Å²) in [4.78, 5) is 24.8. The molecule has 0 spiro atoms. The number of hydrogen-bond donors (Lipinski definition) is 3. The summed E-state index contributed by atoms with van der Waals surface area (Å²) in [6.07, 6.45) is 5.85. The first kappa shape index (κ1) is 22.1. The second kappa shape index (κ2) is 8.90. The van der Waals surface area contributed by atoms with E-state index in [1.54, 1.807) is 24.3 Å². The average molecular weight is 476 g/mol. The second-order valence-electron chi connectivity index (χ2n) is 8.40. The van der Waals surface area contributed by atoms with Gasteiger partial charge >= 0.3 is 0 Å². The first-order valence-corrected chi connectivity index (χ1v) is 12.8. The van der Waals surface area contributed by atoms with Gasteiger partial charge in [-0.1, -0.05) is 19.1 Å². The minimum Gasteiger partial charge on any atom is -0.346 e. The van der Waals surface area contributed by atoms with Crippen LogP contribution in [0, 0.1) is 0 Å². The van der Waals surface area contributed by atoms with E-state index in [4.69, 9.17) is 4.98 Å². The lowest BCUT2D eigenvalue weighted by Gasteiger charge is -2.09. The Hall–Kier alpha value is -3.72. The first-order chi connectivity index (χ1) is 16.4. The third-order valence-electron chi connectivity index (χ3n) is 5.92. The quantitative estimate of drug-likeness (QED) is 0.356. The molecule has 1 aliphatic rings. The van der Waals surface area contributed by atoms with Crippen molar-refractivity contribution >= 4 is 32.7 Å². The maximum atomic E-state index is 12.6. The molecule has 3 aromatic heterocycles. The van der Waals surface area contributed by atoms with E-state index in [1.165, 1.54) is 11.8 Å². The number of carbonyl (C=O) groups is 1. The van der Waals surface area contributed by atoms with E-state index in [2.05, 4.69) is 33.0 Å². The summed E-state index contributed by atoms with van der Waals surface area (Å²) in [7, 11) is -3.34. The summed E-state index contributed by atoms with van der Waals surface area (Å²) in [5.41, 5.74) is 5.38. The zero-order valence-corrected chi connectivity index (χ0v) is 19.5. The van der Waals surface area contributed by atoms with Crippen LogP contribution in [0.4, 0.5) is 5.69 Å². The molecule has 8 nitrogen and oxygen atoms in total. The van der Waals surface area contributed by atoms with Crippen molar-refractivity contribution in [1.29, 1.82) is 0 Å². The number of rotatable bonds is 8. The summed E-state index contributed by atoms with van der Waals surface area (Å²) in [6.45, 7) is 2.30. The number of pyridine rings is 2. The van der Waals surface area contributed by atoms with Crippen molar-refractivity contribution in [3.8, 4) is 11.3 Å². The standard InChI is InChI=1S/C25H25N5O3S/c1-2-16-14-27-24-22(16)9-10-23(29-24)17-3-5-18(6-4-17)25(31)28-15-20-13-19(11-12-26-20)30-34(32,33)21-7-8-21/h3-6,9-14,21H,2,7-8,15H2,1H3,(H,26,30)(H,27,29)(H,28,31). The summed E-state index contributed by atoms with van der Waals surface area (Å²) < 4.78 is 26.8. The maximum absolute atomic E-state index is 12.6. The number of aromatic nitrogens is 3. The van der Waals surface area contributed by atoms with Gasteiger partial charge in [0.2, 0.25) is 10.0 Å². The fourth-order valence-electron chi connectivity index (χ4n) is 3.84. The van der Waals surface area contributed by atoms with Crippen molar-refractivity contribution in [3.63, 3.8) is 0 Å². The smallest absolute Gasteiger partial charge is 0.251 e. The largest absolute Gasteiger partial charge is 0.346 e. The Morgan fingerprint density at radius 1 is 1.12 bits per heavy atom. The van der Waals surface area contributed by atoms with E-state index in [-0.39, 0.29) is 17.7 Å². The molecule has 34 heavy (non-hydrogen) atoms. The topological polar surface area (TPSA) is 117 Å². The fourth-order valence-corrected chi connectivity index (χ4v) is 5.22. The number of amides is 1. The van der Waals surface area contributed by atoms with Crippen LogP contribution in [0.25, 0.3) is 22.3 Å². The molecule has 0 bridgehead atoms. The highest BCUT2D eigenvalue weighted by Gasteiger charge is 2.35. The number of carbonyl (C=O) groups excluding carboxylic acids is 1. The van der Waals surface area contributed by atoms with Gasteiger partial charge in [0.05, 0.1) is 28.9 Å². The Labute approximate surface area is 197 Å². The zero-order chi connectivity index (χ0) is 23.7. The van der Waals surface area contributed by atoms with E-state index in [0.717, 1.165) is 28.7 Å². The van der Waals surface area contributed by atoms with E-state index in [1.807, 2.05) is 24.4 Å². The van der Waals surface area contributed by atoms with Gasteiger partial charge in [-0.05, 0) is 61.2 Å². The number of hydrogen-bond acceptors (Lipinski definition) is 5. The number of nitrogens with zero attached hydrogens (tertiary/aromatic N) is 2. The van der Waals surface area contributed by atoms with Crippen LogP contribution < -0.4 is 10.0 Å². The minimum atomic E-state index is -3.34. The molecular weight excluding hydrogens is 450 g/mol. The molecule has 4 aromatic rings. The average Bonchev–Trinajstić information content (AvgIpc) is 3.63. The van der Waals surface area contributed by atoms with Gasteiger partial charge in [-0.15, -0.1) is 0 Å². The lowest BCUT2D eigenvalue weighted by atomic mass is 10.1. The zero-order valence-electron chi connectivity index (χ0n) is 18.7. The molecule has 0 radical (unpaired) electrons. The van der Waals surface area contributed by atoms with Crippen LogP contribution in [-0.4, -0.2) is 34.5 Å². The van der Waals surface area contributed by atoms with Gasteiger partial charge in [0.1, 0.15) is 5.65 Å². The molecule has 1 aliphatic carbocycles. The van der Waals surface area contributed by atoms with Crippen LogP contribution in [0.15, 0.2) is 60.9 Å². The number of sulfonamides is 1. The molecule has 9 heteroatoms. The van der Waals surface area contributed by atoms with Gasteiger partial charge in [0.15, 0.2) is 0 Å². The number of aromatic amines is 1. The number of benzene rings is 1. The molecule has 1 saturated carbocycles. The fraction of sp³-hybridized carbons (Fsp3) is 0.240.